The third-order valence-corrected chi connectivity index (χ3v) is 5.52. The average Bonchev–Trinajstić information content (AvgIpc) is 2.68. The summed E-state index contributed by atoms with van der Waals surface area (Å²) in [6, 6.07) is 8.62. The topological polar surface area (TPSA) is 35.6 Å². The lowest BCUT2D eigenvalue weighted by molar-refractivity contribution is -0.131. The maximum Gasteiger partial charge on any atom is 0.223 e. The Morgan fingerprint density at radius 1 is 1.12 bits per heavy atom. The molecule has 0 spiro atoms. The van der Waals surface area contributed by atoms with E-state index in [1.54, 1.807) is 5.57 Å². The summed E-state index contributed by atoms with van der Waals surface area (Å²) in [5, 5.41) is 3.44. The Morgan fingerprint density at radius 3 is 2.69 bits per heavy atom. The van der Waals surface area contributed by atoms with Gasteiger partial charge in [0.2, 0.25) is 5.91 Å². The van der Waals surface area contributed by atoms with E-state index in [0.717, 1.165) is 45.7 Å². The molecule has 0 radical (unpaired) electrons. The summed E-state index contributed by atoms with van der Waals surface area (Å²) in [7, 11) is 0. The van der Waals surface area contributed by atoms with Crippen molar-refractivity contribution in [2.75, 3.05) is 44.2 Å². The molecule has 3 rings (SSSR count). The highest BCUT2D eigenvalue weighted by Gasteiger charge is 2.20. The van der Waals surface area contributed by atoms with E-state index in [1.807, 2.05) is 4.90 Å². The van der Waals surface area contributed by atoms with Gasteiger partial charge in [-0.15, -0.1) is 0 Å². The maximum atomic E-state index is 12.4. The third-order valence-electron chi connectivity index (χ3n) is 5.52. The number of hydrogen-bond acceptors (Lipinski definition) is 3. The van der Waals surface area contributed by atoms with Crippen molar-refractivity contribution in [3.05, 3.63) is 41.5 Å². The number of aryl methyl sites for hydroxylation is 1. The predicted molar refractivity (Wildman–Crippen MR) is 109 cm³/mol. The predicted octanol–water partition coefficient (Wildman–Crippen LogP) is 3.51. The summed E-state index contributed by atoms with van der Waals surface area (Å²) in [6.45, 7) is 7.44. The van der Waals surface area contributed by atoms with Crippen LogP contribution in [0, 0.1) is 6.92 Å². The molecule has 1 aliphatic heterocycles. The highest BCUT2D eigenvalue weighted by Crippen LogP contribution is 2.19. The van der Waals surface area contributed by atoms with E-state index in [0.29, 0.717) is 12.3 Å². The number of anilines is 1. The fourth-order valence-corrected chi connectivity index (χ4v) is 3.90. The number of rotatable bonds is 7. The van der Waals surface area contributed by atoms with Crippen molar-refractivity contribution in [3.8, 4) is 0 Å². The summed E-state index contributed by atoms with van der Waals surface area (Å²) in [6.07, 6.45) is 9.38. The Bertz CT molecular complexity index is 618. The molecule has 2 aliphatic rings. The number of nitrogens with one attached hydrogen (secondary N) is 1. The van der Waals surface area contributed by atoms with Crippen LogP contribution in [-0.2, 0) is 4.79 Å². The average molecular weight is 356 g/mol. The summed E-state index contributed by atoms with van der Waals surface area (Å²) in [5.74, 6) is 0.290. The highest BCUT2D eigenvalue weighted by molar-refractivity contribution is 5.76. The van der Waals surface area contributed by atoms with E-state index in [-0.39, 0.29) is 0 Å². The Labute approximate surface area is 158 Å². The maximum absolute atomic E-state index is 12.4. The minimum Gasteiger partial charge on any atom is -0.368 e. The van der Waals surface area contributed by atoms with Crippen molar-refractivity contribution in [1.29, 1.82) is 0 Å². The van der Waals surface area contributed by atoms with Crippen LogP contribution in [0.15, 0.2) is 35.9 Å². The summed E-state index contributed by atoms with van der Waals surface area (Å²) in [4.78, 5) is 16.8. The Hall–Kier alpha value is -1.81. The largest absolute Gasteiger partial charge is 0.368 e. The normalized spacial score (nSPS) is 18.0. The molecule has 26 heavy (non-hydrogen) atoms. The fraction of sp³-hybridized carbons (Fsp3) is 0.591. The number of carbonyl (C=O) groups excluding carboxylic acids is 1. The first kappa shape index (κ1) is 19.0. The lowest BCUT2D eigenvalue weighted by Gasteiger charge is -2.36. The lowest BCUT2D eigenvalue weighted by Crippen LogP contribution is -2.49. The third kappa shape index (κ3) is 5.60. The van der Waals surface area contributed by atoms with Crippen LogP contribution < -0.4 is 10.2 Å². The van der Waals surface area contributed by atoms with Crippen LogP contribution in [-0.4, -0.2) is 50.1 Å². The molecule has 1 amide bonds. The van der Waals surface area contributed by atoms with Gasteiger partial charge in [0.25, 0.3) is 0 Å². The summed E-state index contributed by atoms with van der Waals surface area (Å²) >= 11 is 0. The van der Waals surface area contributed by atoms with Crippen LogP contribution in [0.4, 0.5) is 5.69 Å². The van der Waals surface area contributed by atoms with Gasteiger partial charge in [-0.2, -0.15) is 0 Å². The first-order chi connectivity index (χ1) is 12.7. The zero-order valence-electron chi connectivity index (χ0n) is 16.2. The summed E-state index contributed by atoms with van der Waals surface area (Å²) in [5.41, 5.74) is 4.16. The van der Waals surface area contributed by atoms with Crippen LogP contribution >= 0.6 is 0 Å². The zero-order valence-corrected chi connectivity index (χ0v) is 16.2. The molecule has 4 nitrogen and oxygen atoms in total. The number of benzene rings is 1. The number of hydrogen-bond donors (Lipinski definition) is 1. The molecule has 1 aromatic rings. The van der Waals surface area contributed by atoms with Gasteiger partial charge in [0, 0.05) is 44.8 Å². The molecule has 1 fully saturated rings. The number of amides is 1. The quantitative estimate of drug-likeness (QED) is 0.600. The second-order valence-corrected chi connectivity index (χ2v) is 7.56. The standard InChI is InChI=1S/C22H33N3O/c1-19-6-5-9-21(18-19)24-14-16-25(17-15-24)22(26)11-13-23-12-10-20-7-3-2-4-8-20/h5-7,9,18,23H,2-4,8,10-17H2,1H3. The van der Waals surface area contributed by atoms with Gasteiger partial charge < -0.3 is 15.1 Å². The minimum absolute atomic E-state index is 0.290. The fourth-order valence-electron chi connectivity index (χ4n) is 3.90. The Morgan fingerprint density at radius 2 is 1.96 bits per heavy atom. The molecule has 1 aromatic carbocycles. The van der Waals surface area contributed by atoms with Gasteiger partial charge in [-0.25, -0.2) is 0 Å². The molecule has 0 bridgehead atoms. The smallest absolute Gasteiger partial charge is 0.223 e. The first-order valence-corrected chi connectivity index (χ1v) is 10.2. The molecule has 0 saturated carbocycles. The van der Waals surface area contributed by atoms with E-state index in [1.165, 1.54) is 36.9 Å². The zero-order chi connectivity index (χ0) is 18.2. The molecular weight excluding hydrogens is 322 g/mol. The first-order valence-electron chi connectivity index (χ1n) is 10.2. The second-order valence-electron chi connectivity index (χ2n) is 7.56. The van der Waals surface area contributed by atoms with Gasteiger partial charge in [0.15, 0.2) is 0 Å². The van der Waals surface area contributed by atoms with Crippen molar-refractivity contribution in [2.24, 2.45) is 0 Å². The lowest BCUT2D eigenvalue weighted by atomic mass is 9.97. The van der Waals surface area contributed by atoms with Crippen molar-refractivity contribution >= 4 is 11.6 Å². The monoisotopic (exact) mass is 355 g/mol. The van der Waals surface area contributed by atoms with Crippen LogP contribution in [0.1, 0.15) is 44.1 Å². The van der Waals surface area contributed by atoms with Gasteiger partial charge in [-0.05, 0) is 63.3 Å². The van der Waals surface area contributed by atoms with Crippen LogP contribution in [0.5, 0.6) is 0 Å². The van der Waals surface area contributed by atoms with E-state index in [4.69, 9.17) is 0 Å². The van der Waals surface area contributed by atoms with E-state index in [9.17, 15) is 4.79 Å². The molecule has 0 atom stereocenters. The highest BCUT2D eigenvalue weighted by atomic mass is 16.2. The van der Waals surface area contributed by atoms with E-state index < -0.39 is 0 Å². The number of nitrogens with zero attached hydrogens (tertiary/aromatic N) is 2. The van der Waals surface area contributed by atoms with E-state index >= 15 is 0 Å². The van der Waals surface area contributed by atoms with Crippen LogP contribution in [0.3, 0.4) is 0 Å². The van der Waals surface area contributed by atoms with Crippen molar-refractivity contribution in [3.63, 3.8) is 0 Å². The van der Waals surface area contributed by atoms with Gasteiger partial charge in [0.1, 0.15) is 0 Å². The van der Waals surface area contributed by atoms with Crippen LogP contribution in [0.2, 0.25) is 0 Å². The molecule has 1 heterocycles. The van der Waals surface area contributed by atoms with Crippen molar-refractivity contribution < 1.29 is 4.79 Å². The molecule has 1 aliphatic carbocycles. The number of allylic oxidation sites excluding steroid dienone is 1. The number of piperazine rings is 1. The van der Waals surface area contributed by atoms with Gasteiger partial charge >= 0.3 is 0 Å². The molecule has 4 heteroatoms. The molecule has 142 valence electrons. The molecule has 0 unspecified atom stereocenters. The van der Waals surface area contributed by atoms with Crippen molar-refractivity contribution in [1.82, 2.24) is 10.2 Å². The number of carbonyl (C=O) groups is 1. The minimum atomic E-state index is 0.290. The SMILES string of the molecule is Cc1cccc(N2CCN(C(=O)CCNCCC3=CCCCC3)CC2)c1. The second kappa shape index (κ2) is 9.77. The molecule has 1 N–H and O–H groups in total. The van der Waals surface area contributed by atoms with E-state index in [2.05, 4.69) is 47.5 Å². The molecule has 0 aromatic heterocycles. The molecule has 1 saturated heterocycles. The van der Waals surface area contributed by atoms with Crippen molar-refractivity contribution in [2.45, 2.75) is 45.4 Å². The Balaban J connectivity index is 1.31. The van der Waals surface area contributed by atoms with Gasteiger partial charge in [-0.1, -0.05) is 23.8 Å². The summed E-state index contributed by atoms with van der Waals surface area (Å²) < 4.78 is 0. The molecular formula is C22H33N3O. The van der Waals surface area contributed by atoms with Gasteiger partial charge in [-0.3, -0.25) is 4.79 Å². The Kier molecular flexibility index (Phi) is 7.13. The van der Waals surface area contributed by atoms with Crippen LogP contribution in [0.25, 0.3) is 0 Å². The van der Waals surface area contributed by atoms with Gasteiger partial charge in [0.05, 0.1) is 0 Å².